The molecule has 0 aliphatic carbocycles. The first-order valence-electron chi connectivity index (χ1n) is 5.89. The molecule has 1 nitrogen and oxygen atoms in total. The highest BCUT2D eigenvalue weighted by Gasteiger charge is 1.92. The zero-order chi connectivity index (χ0) is 12.1. The molecule has 0 aliphatic heterocycles. The maximum absolute atomic E-state index is 4.44. The molecule has 0 heterocycles. The molecule has 1 heteroatoms. The number of aliphatic imine (C=N–C) groups is 1. The van der Waals surface area contributed by atoms with Crippen molar-refractivity contribution in [2.45, 2.75) is 20.3 Å². The van der Waals surface area contributed by atoms with E-state index in [4.69, 9.17) is 0 Å². The highest BCUT2D eigenvalue weighted by atomic mass is 14.7. The Hall–Kier alpha value is -1.89. The number of nitrogens with zero attached hydrogens (tertiary/aromatic N) is 1. The average molecular weight is 222 g/mol. The molecule has 0 saturated heterocycles. The SMILES string of the molecule is CCc1cc[c]c(C=Nc2ccc(C)cc2)c1. The van der Waals surface area contributed by atoms with E-state index in [-0.39, 0.29) is 0 Å². The van der Waals surface area contributed by atoms with Gasteiger partial charge in [-0.05, 0) is 43.2 Å². The fourth-order valence-electron chi connectivity index (χ4n) is 1.60. The predicted molar refractivity (Wildman–Crippen MR) is 73.1 cm³/mol. The number of hydrogen-bond donors (Lipinski definition) is 0. The Bertz CT molecular complexity index is 509. The number of benzene rings is 2. The summed E-state index contributed by atoms with van der Waals surface area (Å²) in [6, 6.07) is 17.5. The molecule has 0 aliphatic rings. The highest BCUT2D eigenvalue weighted by Crippen LogP contribution is 2.12. The van der Waals surface area contributed by atoms with Crippen LogP contribution in [-0.4, -0.2) is 6.21 Å². The molecule has 0 saturated carbocycles. The van der Waals surface area contributed by atoms with E-state index in [9.17, 15) is 0 Å². The quantitative estimate of drug-likeness (QED) is 0.693. The predicted octanol–water partition coefficient (Wildman–Crippen LogP) is 4.11. The second-order valence-electron chi connectivity index (χ2n) is 4.10. The van der Waals surface area contributed by atoms with E-state index < -0.39 is 0 Å². The van der Waals surface area contributed by atoms with Crippen molar-refractivity contribution in [3.8, 4) is 0 Å². The molecule has 0 atom stereocenters. The van der Waals surface area contributed by atoms with Crippen LogP contribution in [0.3, 0.4) is 0 Å². The monoisotopic (exact) mass is 222 g/mol. The first-order chi connectivity index (χ1) is 8.28. The molecule has 0 aromatic heterocycles. The Labute approximate surface area is 103 Å². The van der Waals surface area contributed by atoms with Gasteiger partial charge in [-0.15, -0.1) is 0 Å². The summed E-state index contributed by atoms with van der Waals surface area (Å²) in [5.41, 5.74) is 4.58. The van der Waals surface area contributed by atoms with Crippen LogP contribution in [0.1, 0.15) is 23.6 Å². The first kappa shape index (κ1) is 11.6. The van der Waals surface area contributed by atoms with E-state index >= 15 is 0 Å². The topological polar surface area (TPSA) is 12.4 Å². The lowest BCUT2D eigenvalue weighted by molar-refractivity contribution is 1.14. The summed E-state index contributed by atoms with van der Waals surface area (Å²) in [5, 5.41) is 0. The van der Waals surface area contributed by atoms with Gasteiger partial charge in [-0.25, -0.2) is 0 Å². The molecule has 85 valence electrons. The summed E-state index contributed by atoms with van der Waals surface area (Å²) in [6.07, 6.45) is 2.91. The molecular formula is C16H16N. The maximum atomic E-state index is 4.44. The van der Waals surface area contributed by atoms with Gasteiger partial charge in [-0.1, -0.05) is 36.8 Å². The summed E-state index contributed by atoms with van der Waals surface area (Å²) < 4.78 is 0. The van der Waals surface area contributed by atoms with E-state index in [1.807, 2.05) is 24.4 Å². The zero-order valence-electron chi connectivity index (χ0n) is 10.3. The van der Waals surface area contributed by atoms with E-state index in [2.05, 4.69) is 49.2 Å². The summed E-state index contributed by atoms with van der Waals surface area (Å²) in [5.74, 6) is 0. The van der Waals surface area contributed by atoms with Crippen molar-refractivity contribution in [3.63, 3.8) is 0 Å². The van der Waals surface area contributed by atoms with E-state index in [0.29, 0.717) is 0 Å². The summed E-state index contributed by atoms with van der Waals surface area (Å²) >= 11 is 0. The molecule has 0 amide bonds. The third-order valence-corrected chi connectivity index (χ3v) is 2.68. The van der Waals surface area contributed by atoms with Gasteiger partial charge in [0.2, 0.25) is 0 Å². The lowest BCUT2D eigenvalue weighted by Crippen LogP contribution is -1.85. The minimum atomic E-state index is 0.978. The lowest BCUT2D eigenvalue weighted by Gasteiger charge is -1.98. The fourth-order valence-corrected chi connectivity index (χ4v) is 1.60. The highest BCUT2D eigenvalue weighted by molar-refractivity contribution is 5.81. The first-order valence-corrected chi connectivity index (χ1v) is 5.89. The molecule has 0 bridgehead atoms. The van der Waals surface area contributed by atoms with Crippen LogP contribution in [0.5, 0.6) is 0 Å². The van der Waals surface area contributed by atoms with Crippen molar-refractivity contribution >= 4 is 11.9 Å². The maximum Gasteiger partial charge on any atom is 0.0630 e. The average Bonchev–Trinajstić information content (AvgIpc) is 2.38. The van der Waals surface area contributed by atoms with Crippen LogP contribution in [-0.2, 0) is 6.42 Å². The third-order valence-electron chi connectivity index (χ3n) is 2.68. The van der Waals surface area contributed by atoms with Crippen molar-refractivity contribution in [1.29, 1.82) is 0 Å². The molecule has 17 heavy (non-hydrogen) atoms. The minimum absolute atomic E-state index is 0.978. The van der Waals surface area contributed by atoms with Crippen molar-refractivity contribution in [2.75, 3.05) is 0 Å². The zero-order valence-corrected chi connectivity index (χ0v) is 10.3. The van der Waals surface area contributed by atoms with Crippen LogP contribution in [0, 0.1) is 13.0 Å². The number of rotatable bonds is 3. The van der Waals surface area contributed by atoms with Crippen LogP contribution >= 0.6 is 0 Å². The van der Waals surface area contributed by atoms with Crippen LogP contribution in [0.4, 0.5) is 5.69 Å². The van der Waals surface area contributed by atoms with Crippen molar-refractivity contribution in [3.05, 3.63) is 65.2 Å². The molecule has 0 unspecified atom stereocenters. The van der Waals surface area contributed by atoms with Crippen LogP contribution in [0.2, 0.25) is 0 Å². The van der Waals surface area contributed by atoms with Gasteiger partial charge in [0.25, 0.3) is 0 Å². The Morgan fingerprint density at radius 3 is 2.65 bits per heavy atom. The Morgan fingerprint density at radius 1 is 1.18 bits per heavy atom. The van der Waals surface area contributed by atoms with Gasteiger partial charge >= 0.3 is 0 Å². The van der Waals surface area contributed by atoms with Gasteiger partial charge in [0.1, 0.15) is 0 Å². The molecule has 2 aromatic carbocycles. The Balaban J connectivity index is 2.16. The number of hydrogen-bond acceptors (Lipinski definition) is 1. The summed E-state index contributed by atoms with van der Waals surface area (Å²) in [7, 11) is 0. The van der Waals surface area contributed by atoms with E-state index in [0.717, 1.165) is 17.7 Å². The van der Waals surface area contributed by atoms with E-state index in [1.165, 1.54) is 11.1 Å². The fraction of sp³-hybridized carbons (Fsp3) is 0.188. The van der Waals surface area contributed by atoms with Gasteiger partial charge in [0.05, 0.1) is 5.69 Å². The van der Waals surface area contributed by atoms with Gasteiger partial charge in [-0.3, -0.25) is 4.99 Å². The van der Waals surface area contributed by atoms with Gasteiger partial charge in [0.15, 0.2) is 0 Å². The molecule has 0 N–H and O–H groups in total. The van der Waals surface area contributed by atoms with Crippen LogP contribution in [0.15, 0.2) is 47.5 Å². The normalized spacial score (nSPS) is 10.9. The molecular weight excluding hydrogens is 206 g/mol. The van der Waals surface area contributed by atoms with Crippen molar-refractivity contribution in [2.24, 2.45) is 4.99 Å². The molecule has 1 radical (unpaired) electrons. The van der Waals surface area contributed by atoms with E-state index in [1.54, 1.807) is 0 Å². The largest absolute Gasteiger partial charge is 0.256 e. The van der Waals surface area contributed by atoms with Gasteiger partial charge < -0.3 is 0 Å². The number of aryl methyl sites for hydroxylation is 2. The smallest absolute Gasteiger partial charge is 0.0630 e. The third kappa shape index (κ3) is 3.28. The Kier molecular flexibility index (Phi) is 3.71. The molecule has 2 aromatic rings. The summed E-state index contributed by atoms with van der Waals surface area (Å²) in [4.78, 5) is 4.44. The lowest BCUT2D eigenvalue weighted by atomic mass is 10.1. The second-order valence-corrected chi connectivity index (χ2v) is 4.10. The molecule has 2 rings (SSSR count). The minimum Gasteiger partial charge on any atom is -0.256 e. The van der Waals surface area contributed by atoms with Crippen LogP contribution < -0.4 is 0 Å². The second kappa shape index (κ2) is 5.44. The Morgan fingerprint density at radius 2 is 1.94 bits per heavy atom. The van der Waals surface area contributed by atoms with Gasteiger partial charge in [0, 0.05) is 11.8 Å². The molecule has 0 fully saturated rings. The van der Waals surface area contributed by atoms with Crippen LogP contribution in [0.25, 0.3) is 0 Å². The molecule has 0 spiro atoms. The van der Waals surface area contributed by atoms with Gasteiger partial charge in [-0.2, -0.15) is 0 Å². The standard InChI is InChI=1S/C16H16N/c1-3-14-5-4-6-15(11-14)12-17-16-9-7-13(2)8-10-16/h4-5,7-12H,3H2,1-2H3. The van der Waals surface area contributed by atoms with Crippen molar-refractivity contribution < 1.29 is 0 Å². The van der Waals surface area contributed by atoms with Crippen molar-refractivity contribution in [1.82, 2.24) is 0 Å². The summed E-state index contributed by atoms with van der Waals surface area (Å²) in [6.45, 7) is 4.22.